The lowest BCUT2D eigenvalue weighted by Crippen LogP contribution is -2.38. The van der Waals surface area contributed by atoms with Crippen molar-refractivity contribution < 1.29 is 9.32 Å². The third-order valence-corrected chi connectivity index (χ3v) is 6.78. The smallest absolute Gasteiger partial charge is 0.241 e. The molecule has 6 heteroatoms. The molecule has 1 amide bonds. The third kappa shape index (κ3) is 5.55. The molecule has 0 aliphatic carbocycles. The zero-order valence-corrected chi connectivity index (χ0v) is 21.0. The van der Waals surface area contributed by atoms with Crippen molar-refractivity contribution in [3.8, 4) is 11.4 Å². The molecule has 1 aromatic heterocycles. The van der Waals surface area contributed by atoms with Crippen LogP contribution in [0.3, 0.4) is 0 Å². The van der Waals surface area contributed by atoms with Crippen LogP contribution in [0.5, 0.6) is 0 Å². The highest BCUT2D eigenvalue weighted by Crippen LogP contribution is 2.27. The van der Waals surface area contributed by atoms with Crippen LogP contribution in [0.25, 0.3) is 11.4 Å². The molecular weight excluding hydrogens is 424 g/mol. The molecule has 0 bridgehead atoms. The second kappa shape index (κ2) is 10.1. The molecule has 3 aromatic rings. The van der Waals surface area contributed by atoms with Gasteiger partial charge in [-0.2, -0.15) is 4.98 Å². The number of amides is 1. The first-order valence-corrected chi connectivity index (χ1v) is 12.3. The summed E-state index contributed by atoms with van der Waals surface area (Å²) in [6.07, 6.45) is 2.56. The van der Waals surface area contributed by atoms with Gasteiger partial charge in [0.1, 0.15) is 0 Å². The average molecular weight is 461 g/mol. The molecule has 2 heterocycles. The molecule has 4 rings (SSSR count). The zero-order chi connectivity index (χ0) is 24.3. The summed E-state index contributed by atoms with van der Waals surface area (Å²) in [5.74, 6) is 1.39. The Labute approximate surface area is 202 Å². The molecule has 0 unspecified atom stereocenters. The van der Waals surface area contributed by atoms with Crippen molar-refractivity contribution in [2.45, 2.75) is 65.8 Å². The molecule has 0 spiro atoms. The van der Waals surface area contributed by atoms with Gasteiger partial charge in [0.2, 0.25) is 17.6 Å². The Hall–Kier alpha value is -2.99. The van der Waals surface area contributed by atoms with Crippen LogP contribution < -0.4 is 5.32 Å². The van der Waals surface area contributed by atoms with Gasteiger partial charge in [0.15, 0.2) is 0 Å². The monoisotopic (exact) mass is 460 g/mol. The van der Waals surface area contributed by atoms with Gasteiger partial charge in [0.05, 0.1) is 6.54 Å². The molecule has 6 nitrogen and oxygen atoms in total. The highest BCUT2D eigenvalue weighted by atomic mass is 16.5. The molecule has 34 heavy (non-hydrogen) atoms. The average Bonchev–Trinajstić information content (AvgIpc) is 3.29. The summed E-state index contributed by atoms with van der Waals surface area (Å²) in [6.45, 7) is 13.1. The number of hydrogen-bond donors (Lipinski definition) is 1. The number of likely N-dealkylation sites (tertiary alicyclic amines) is 1. The summed E-state index contributed by atoms with van der Waals surface area (Å²) >= 11 is 0. The van der Waals surface area contributed by atoms with Gasteiger partial charge >= 0.3 is 0 Å². The van der Waals surface area contributed by atoms with Gasteiger partial charge in [-0.15, -0.1) is 0 Å². The minimum absolute atomic E-state index is 0.0279. The van der Waals surface area contributed by atoms with Crippen LogP contribution in [-0.4, -0.2) is 34.0 Å². The first-order valence-electron chi connectivity index (χ1n) is 12.3. The number of benzene rings is 2. The van der Waals surface area contributed by atoms with Crippen molar-refractivity contribution in [2.75, 3.05) is 18.4 Å². The van der Waals surface area contributed by atoms with E-state index in [2.05, 4.69) is 91.4 Å². The number of nitrogens with zero attached hydrogens (tertiary/aromatic N) is 3. The minimum Gasteiger partial charge on any atom is -0.338 e. The molecule has 1 fully saturated rings. The van der Waals surface area contributed by atoms with Crippen molar-refractivity contribution in [1.82, 2.24) is 15.0 Å². The summed E-state index contributed by atoms with van der Waals surface area (Å²) < 4.78 is 5.53. The first kappa shape index (κ1) is 24.1. The van der Waals surface area contributed by atoms with Gasteiger partial charge < -0.3 is 9.84 Å². The van der Waals surface area contributed by atoms with Crippen LogP contribution >= 0.6 is 0 Å². The van der Waals surface area contributed by atoms with Crippen LogP contribution in [-0.2, 0) is 23.2 Å². The molecule has 1 aliphatic rings. The molecule has 2 aromatic carbocycles. The summed E-state index contributed by atoms with van der Waals surface area (Å²) in [5, 5.41) is 7.38. The van der Waals surface area contributed by atoms with E-state index < -0.39 is 0 Å². The van der Waals surface area contributed by atoms with E-state index in [-0.39, 0.29) is 17.2 Å². The lowest BCUT2D eigenvalue weighted by molar-refractivity contribution is -0.121. The third-order valence-electron chi connectivity index (χ3n) is 6.78. The quantitative estimate of drug-likeness (QED) is 0.507. The second-order valence-corrected chi connectivity index (χ2v) is 10.3. The Morgan fingerprint density at radius 3 is 2.47 bits per heavy atom. The minimum atomic E-state index is 0.0279. The second-order valence-electron chi connectivity index (χ2n) is 10.3. The predicted octanol–water partition coefficient (Wildman–Crippen LogP) is 5.76. The van der Waals surface area contributed by atoms with E-state index in [0.717, 1.165) is 49.2 Å². The fraction of sp³-hybridized carbons (Fsp3) is 0.464. The Bertz CT molecular complexity index is 1120. The molecule has 1 N–H and O–H groups in total. The Morgan fingerprint density at radius 1 is 1.12 bits per heavy atom. The predicted molar refractivity (Wildman–Crippen MR) is 136 cm³/mol. The Morgan fingerprint density at radius 2 is 1.82 bits per heavy atom. The van der Waals surface area contributed by atoms with Crippen molar-refractivity contribution >= 4 is 11.6 Å². The molecule has 1 saturated heterocycles. The summed E-state index contributed by atoms with van der Waals surface area (Å²) in [7, 11) is 0. The number of aromatic nitrogens is 2. The van der Waals surface area contributed by atoms with E-state index in [4.69, 9.17) is 4.52 Å². The Balaban J connectivity index is 1.31. The molecule has 1 aliphatic heterocycles. The van der Waals surface area contributed by atoms with Crippen LogP contribution in [0.2, 0.25) is 0 Å². The van der Waals surface area contributed by atoms with E-state index in [1.807, 2.05) is 6.07 Å². The maximum absolute atomic E-state index is 12.9. The summed E-state index contributed by atoms with van der Waals surface area (Å²) in [6, 6.07) is 14.5. The van der Waals surface area contributed by atoms with Crippen LogP contribution in [0.15, 0.2) is 47.0 Å². The fourth-order valence-electron chi connectivity index (χ4n) is 4.53. The van der Waals surface area contributed by atoms with Crippen molar-refractivity contribution in [3.05, 3.63) is 65.0 Å². The van der Waals surface area contributed by atoms with Crippen molar-refractivity contribution in [2.24, 2.45) is 5.92 Å². The number of nitrogens with one attached hydrogen (secondary N) is 1. The van der Waals surface area contributed by atoms with Gasteiger partial charge in [0, 0.05) is 17.2 Å². The highest BCUT2D eigenvalue weighted by Gasteiger charge is 2.27. The van der Waals surface area contributed by atoms with Crippen LogP contribution in [0.4, 0.5) is 5.69 Å². The molecule has 0 saturated carbocycles. The molecule has 0 radical (unpaired) electrons. The maximum atomic E-state index is 12.9. The first-order chi connectivity index (χ1) is 16.2. The Kier molecular flexibility index (Phi) is 7.17. The number of rotatable bonds is 6. The zero-order valence-electron chi connectivity index (χ0n) is 21.0. The van der Waals surface area contributed by atoms with Gasteiger partial charge in [-0.1, -0.05) is 75.3 Å². The summed E-state index contributed by atoms with van der Waals surface area (Å²) in [5.41, 5.74) is 5.63. The number of piperidine rings is 1. The molecule has 0 atom stereocenters. The summed E-state index contributed by atoms with van der Waals surface area (Å²) in [4.78, 5) is 19.8. The number of carbonyl (C=O) groups excluding carboxylic acids is 1. The molecular formula is C28H36N4O2. The fourth-order valence-corrected chi connectivity index (χ4v) is 4.53. The number of para-hydroxylation sites is 1. The van der Waals surface area contributed by atoms with E-state index in [1.165, 1.54) is 11.1 Å². The lowest BCUT2D eigenvalue weighted by Gasteiger charge is -2.30. The van der Waals surface area contributed by atoms with Crippen molar-refractivity contribution in [3.63, 3.8) is 0 Å². The van der Waals surface area contributed by atoms with E-state index in [0.29, 0.717) is 18.3 Å². The van der Waals surface area contributed by atoms with E-state index in [1.54, 1.807) is 0 Å². The highest BCUT2D eigenvalue weighted by molar-refractivity contribution is 5.94. The van der Waals surface area contributed by atoms with E-state index >= 15 is 0 Å². The topological polar surface area (TPSA) is 71.3 Å². The van der Waals surface area contributed by atoms with Gasteiger partial charge in [-0.05, 0) is 61.4 Å². The largest absolute Gasteiger partial charge is 0.338 e. The van der Waals surface area contributed by atoms with Crippen molar-refractivity contribution in [1.29, 1.82) is 0 Å². The number of carbonyl (C=O) groups is 1. The normalized spacial score (nSPS) is 15.4. The van der Waals surface area contributed by atoms with Gasteiger partial charge in [-0.3, -0.25) is 9.69 Å². The standard InChI is InChI=1S/C28H36N4O2/c1-6-20-9-7-8-19(2)25(20)30-27(33)22-14-16-32(17-15-22)18-24-29-26(31-34-24)21-10-12-23(13-11-21)28(3,4)5/h7-13,22H,6,14-18H2,1-5H3,(H,30,33). The number of anilines is 1. The molecule has 180 valence electrons. The van der Waals surface area contributed by atoms with Gasteiger partial charge in [0.25, 0.3) is 0 Å². The van der Waals surface area contributed by atoms with Crippen LogP contribution in [0.1, 0.15) is 63.1 Å². The maximum Gasteiger partial charge on any atom is 0.241 e. The lowest BCUT2D eigenvalue weighted by atomic mass is 9.87. The van der Waals surface area contributed by atoms with Crippen LogP contribution in [0, 0.1) is 12.8 Å². The van der Waals surface area contributed by atoms with E-state index in [9.17, 15) is 4.79 Å². The van der Waals surface area contributed by atoms with Gasteiger partial charge in [-0.25, -0.2) is 0 Å². The SMILES string of the molecule is CCc1cccc(C)c1NC(=O)C1CCN(Cc2nc(-c3ccc(C(C)(C)C)cc3)no2)CC1. The number of aryl methyl sites for hydroxylation is 2. The number of hydrogen-bond acceptors (Lipinski definition) is 5.